The van der Waals surface area contributed by atoms with Crippen molar-refractivity contribution in [3.63, 3.8) is 0 Å². The number of aromatic hydroxyl groups is 1. The Morgan fingerprint density at radius 1 is 1.10 bits per heavy atom. The number of anilines is 2. The van der Waals surface area contributed by atoms with Gasteiger partial charge in [-0.3, -0.25) is 0 Å². The maximum atomic E-state index is 14.9. The van der Waals surface area contributed by atoms with Gasteiger partial charge in [0.05, 0.1) is 11.2 Å². The summed E-state index contributed by atoms with van der Waals surface area (Å²) in [6.45, 7) is 1.45. The van der Waals surface area contributed by atoms with Crippen LogP contribution >= 0.6 is 0 Å². The van der Waals surface area contributed by atoms with Crippen molar-refractivity contribution in [2.75, 3.05) is 24.6 Å². The molecule has 5 rings (SSSR count). The Labute approximate surface area is 175 Å². The Bertz CT molecular complexity index is 1020. The summed E-state index contributed by atoms with van der Waals surface area (Å²) in [4.78, 5) is 9.49. The number of piperazine rings is 1. The van der Waals surface area contributed by atoms with E-state index in [0.29, 0.717) is 25.0 Å². The number of halogens is 1. The van der Waals surface area contributed by atoms with Gasteiger partial charge in [0.15, 0.2) is 6.30 Å². The van der Waals surface area contributed by atoms with Crippen molar-refractivity contribution in [2.45, 2.75) is 37.9 Å². The summed E-state index contributed by atoms with van der Waals surface area (Å²) in [7, 11) is 0. The number of para-hydroxylation sites is 1. The smallest absolute Gasteiger partial charge is 0.245 e. The fourth-order valence-corrected chi connectivity index (χ4v) is 4.65. The average Bonchev–Trinajstić information content (AvgIpc) is 3.30. The lowest BCUT2D eigenvalue weighted by Crippen LogP contribution is -2.55. The molecule has 1 atom stereocenters. The second kappa shape index (κ2) is 8.16. The van der Waals surface area contributed by atoms with Crippen LogP contribution in [0.3, 0.4) is 0 Å². The van der Waals surface area contributed by atoms with Gasteiger partial charge in [-0.15, -0.1) is 0 Å². The van der Waals surface area contributed by atoms with E-state index in [1.165, 1.54) is 12.8 Å². The van der Waals surface area contributed by atoms with Crippen molar-refractivity contribution < 1.29 is 9.50 Å². The molecule has 6 nitrogen and oxygen atoms in total. The molecule has 1 aliphatic carbocycles. The Morgan fingerprint density at radius 3 is 2.67 bits per heavy atom. The molecule has 156 valence electrons. The number of hydrogen-bond acceptors (Lipinski definition) is 6. The minimum absolute atomic E-state index is 0.255. The minimum Gasteiger partial charge on any atom is -0.508 e. The first kappa shape index (κ1) is 19.2. The van der Waals surface area contributed by atoms with Gasteiger partial charge < -0.3 is 10.4 Å². The van der Waals surface area contributed by atoms with Crippen molar-refractivity contribution >= 4 is 22.5 Å². The average molecular weight is 407 g/mol. The maximum absolute atomic E-state index is 14.9. The molecule has 1 aromatic heterocycles. The third kappa shape index (κ3) is 3.48. The van der Waals surface area contributed by atoms with Crippen LogP contribution in [-0.4, -0.2) is 46.0 Å². The Balaban J connectivity index is 1.65. The number of rotatable bonds is 4. The third-order valence-electron chi connectivity index (χ3n) is 6.12. The van der Waals surface area contributed by atoms with Crippen LogP contribution < -0.4 is 10.3 Å². The molecule has 2 heterocycles. The van der Waals surface area contributed by atoms with Crippen LogP contribution in [-0.2, 0) is 0 Å². The highest BCUT2D eigenvalue weighted by atomic mass is 19.1. The quantitative estimate of drug-likeness (QED) is 0.631. The number of alkyl halides is 1. The summed E-state index contributed by atoms with van der Waals surface area (Å²) >= 11 is 0. The zero-order chi connectivity index (χ0) is 20.5. The van der Waals surface area contributed by atoms with Gasteiger partial charge in [-0.05, 0) is 43.0 Å². The standard InChI is InChI=1S/C23H26FN5O/c24-20-15-25-12-13-28(20)29(18-8-2-1-3-9-18)23-26-14-17-10-11-19(30)21(22(17)27-23)16-6-4-5-7-16/h1-3,8-11,14,16,20,25,30H,4-7,12-13,15H2. The van der Waals surface area contributed by atoms with Crippen LogP contribution in [0.25, 0.3) is 10.9 Å². The van der Waals surface area contributed by atoms with Crippen molar-refractivity contribution in [1.82, 2.24) is 20.3 Å². The van der Waals surface area contributed by atoms with Crippen LogP contribution in [0.4, 0.5) is 16.0 Å². The van der Waals surface area contributed by atoms with Crippen molar-refractivity contribution in [2.24, 2.45) is 0 Å². The molecule has 0 amide bonds. The van der Waals surface area contributed by atoms with Crippen LogP contribution in [0, 0.1) is 0 Å². The van der Waals surface area contributed by atoms with E-state index in [-0.39, 0.29) is 12.3 Å². The molecule has 2 aliphatic rings. The Morgan fingerprint density at radius 2 is 1.90 bits per heavy atom. The predicted octanol–water partition coefficient (Wildman–Crippen LogP) is 4.25. The lowest BCUT2D eigenvalue weighted by atomic mass is 9.94. The zero-order valence-corrected chi connectivity index (χ0v) is 16.8. The van der Waals surface area contributed by atoms with E-state index >= 15 is 0 Å². The second-order valence-electron chi connectivity index (χ2n) is 8.04. The molecule has 2 aromatic carbocycles. The molecule has 7 heteroatoms. The molecule has 1 saturated carbocycles. The van der Waals surface area contributed by atoms with Gasteiger partial charge in [0.1, 0.15) is 5.75 Å². The molecule has 1 aliphatic heterocycles. The zero-order valence-electron chi connectivity index (χ0n) is 16.8. The van der Waals surface area contributed by atoms with Crippen LogP contribution in [0.1, 0.15) is 37.2 Å². The number of fused-ring (bicyclic) bond motifs is 1. The van der Waals surface area contributed by atoms with Crippen molar-refractivity contribution in [3.05, 3.63) is 54.2 Å². The largest absolute Gasteiger partial charge is 0.508 e. The Kier molecular flexibility index (Phi) is 5.23. The molecule has 30 heavy (non-hydrogen) atoms. The van der Waals surface area contributed by atoms with Gasteiger partial charge in [0, 0.05) is 36.8 Å². The molecule has 2 fully saturated rings. The summed E-state index contributed by atoms with van der Waals surface area (Å²) in [5.74, 6) is 1.01. The predicted molar refractivity (Wildman–Crippen MR) is 115 cm³/mol. The summed E-state index contributed by atoms with van der Waals surface area (Å²) in [6, 6.07) is 13.2. The van der Waals surface area contributed by atoms with E-state index in [1.54, 1.807) is 22.3 Å². The van der Waals surface area contributed by atoms with Crippen LogP contribution in [0.2, 0.25) is 0 Å². The number of hydrogen-bond donors (Lipinski definition) is 2. The summed E-state index contributed by atoms with van der Waals surface area (Å²) < 4.78 is 14.9. The lowest BCUT2D eigenvalue weighted by Gasteiger charge is -2.39. The first-order valence-electron chi connectivity index (χ1n) is 10.7. The Hall–Kier alpha value is -2.77. The molecule has 0 bridgehead atoms. The first-order valence-corrected chi connectivity index (χ1v) is 10.7. The fraction of sp³-hybridized carbons (Fsp3) is 0.391. The van der Waals surface area contributed by atoms with Crippen molar-refractivity contribution in [3.8, 4) is 5.75 Å². The van der Waals surface area contributed by atoms with E-state index in [9.17, 15) is 9.50 Å². The van der Waals surface area contributed by atoms with Gasteiger partial charge in [0.2, 0.25) is 5.95 Å². The number of phenolic OH excluding ortho intramolecular Hbond substituents is 1. The van der Waals surface area contributed by atoms with E-state index in [1.807, 2.05) is 36.4 Å². The van der Waals surface area contributed by atoms with Gasteiger partial charge in [0.25, 0.3) is 0 Å². The summed E-state index contributed by atoms with van der Waals surface area (Å²) in [5.41, 5.74) is 2.47. The number of phenols is 1. The molecule has 3 aromatic rings. The molecule has 1 saturated heterocycles. The summed E-state index contributed by atoms with van der Waals surface area (Å²) in [6.07, 6.45) is 5.03. The van der Waals surface area contributed by atoms with Crippen molar-refractivity contribution in [1.29, 1.82) is 0 Å². The van der Waals surface area contributed by atoms with Crippen LogP contribution in [0.15, 0.2) is 48.7 Å². The third-order valence-corrected chi connectivity index (χ3v) is 6.12. The first-order chi connectivity index (χ1) is 14.7. The van der Waals surface area contributed by atoms with Gasteiger partial charge in [-0.1, -0.05) is 31.0 Å². The topological polar surface area (TPSA) is 64.5 Å². The van der Waals surface area contributed by atoms with E-state index in [2.05, 4.69) is 10.3 Å². The highest BCUT2D eigenvalue weighted by Crippen LogP contribution is 2.42. The molecular formula is C23H26FN5O. The fourth-order valence-electron chi connectivity index (χ4n) is 4.65. The molecule has 0 radical (unpaired) electrons. The van der Waals surface area contributed by atoms with E-state index < -0.39 is 6.30 Å². The minimum atomic E-state index is -1.18. The number of nitrogens with zero attached hydrogens (tertiary/aromatic N) is 4. The normalized spacial score (nSPS) is 20.6. The van der Waals surface area contributed by atoms with Gasteiger partial charge >= 0.3 is 0 Å². The number of aromatic nitrogens is 2. The summed E-state index contributed by atoms with van der Waals surface area (Å²) in [5, 5.41) is 18.1. The number of hydrazine groups is 1. The van der Waals surface area contributed by atoms with Gasteiger partial charge in [-0.2, -0.15) is 5.01 Å². The SMILES string of the molecule is Oc1ccc2cnc(N(c3ccccc3)N3CCNCC3F)nc2c1C1CCCC1. The monoisotopic (exact) mass is 407 g/mol. The number of nitrogens with one attached hydrogen (secondary N) is 1. The molecular weight excluding hydrogens is 381 g/mol. The van der Waals surface area contributed by atoms with E-state index in [0.717, 1.165) is 35.0 Å². The lowest BCUT2D eigenvalue weighted by molar-refractivity contribution is 0.0577. The highest BCUT2D eigenvalue weighted by Gasteiger charge is 2.31. The molecule has 1 unspecified atom stereocenters. The number of benzene rings is 2. The second-order valence-corrected chi connectivity index (χ2v) is 8.04. The molecule has 2 N–H and O–H groups in total. The maximum Gasteiger partial charge on any atom is 0.245 e. The van der Waals surface area contributed by atoms with E-state index in [4.69, 9.17) is 4.98 Å². The van der Waals surface area contributed by atoms with Gasteiger partial charge in [-0.25, -0.2) is 19.4 Å². The molecule has 0 spiro atoms. The van der Waals surface area contributed by atoms with Crippen LogP contribution in [0.5, 0.6) is 5.75 Å². The highest BCUT2D eigenvalue weighted by molar-refractivity contribution is 5.85.